The van der Waals surface area contributed by atoms with Gasteiger partial charge >= 0.3 is 0 Å². The normalized spacial score (nSPS) is 21.5. The van der Waals surface area contributed by atoms with Crippen LogP contribution in [0.25, 0.3) is 0 Å². The number of primary amides is 1. The van der Waals surface area contributed by atoms with E-state index in [1.165, 1.54) is 25.1 Å². The van der Waals surface area contributed by atoms with E-state index in [-0.39, 0.29) is 15.6 Å². The van der Waals surface area contributed by atoms with Crippen molar-refractivity contribution >= 4 is 69.8 Å². The summed E-state index contributed by atoms with van der Waals surface area (Å²) < 4.78 is 40.0. The van der Waals surface area contributed by atoms with Crippen molar-refractivity contribution in [1.29, 1.82) is 0 Å². The standard InChI is InChI=1S/C21H16Cl5F3N2O2/c1-2-19(28,29)8-31-17(32)13-5-10(6-14(27)15(13)24)20(18(30)33)16(21(20,25)26)9-3-11(22)7-12(23)4-9/h3-7,16H,2,8H2,1H3,(H2,30,33)(H,31,32). The third-order valence-corrected chi connectivity index (χ3v) is 7.45. The molecule has 2 atom stereocenters. The van der Waals surface area contributed by atoms with Crippen LogP contribution in [0, 0.1) is 5.82 Å². The zero-order valence-corrected chi connectivity index (χ0v) is 20.6. The molecule has 0 aromatic heterocycles. The monoisotopic (exact) mass is 560 g/mol. The summed E-state index contributed by atoms with van der Waals surface area (Å²) in [5.41, 5.74) is 3.47. The summed E-state index contributed by atoms with van der Waals surface area (Å²) in [6, 6.07) is 6.31. The quantitative estimate of drug-likeness (QED) is 0.392. The van der Waals surface area contributed by atoms with Crippen molar-refractivity contribution in [3.63, 3.8) is 0 Å². The van der Waals surface area contributed by atoms with Crippen molar-refractivity contribution in [3.8, 4) is 0 Å². The van der Waals surface area contributed by atoms with Gasteiger partial charge in [-0.3, -0.25) is 9.59 Å². The Morgan fingerprint density at radius 2 is 1.67 bits per heavy atom. The number of nitrogens with one attached hydrogen (secondary N) is 1. The van der Waals surface area contributed by atoms with E-state index < -0.39 is 62.8 Å². The van der Waals surface area contributed by atoms with Crippen LogP contribution in [0.4, 0.5) is 13.2 Å². The molecule has 1 aliphatic carbocycles. The molecule has 4 nitrogen and oxygen atoms in total. The highest BCUT2D eigenvalue weighted by Crippen LogP contribution is 2.74. The van der Waals surface area contributed by atoms with Crippen LogP contribution in [-0.2, 0) is 10.2 Å². The second kappa shape index (κ2) is 9.00. The van der Waals surface area contributed by atoms with Gasteiger partial charge in [-0.05, 0) is 41.5 Å². The minimum Gasteiger partial charge on any atom is -0.369 e. The first kappa shape index (κ1) is 26.2. The fraction of sp³-hybridized carbons (Fsp3) is 0.333. The molecule has 2 unspecified atom stereocenters. The van der Waals surface area contributed by atoms with Crippen LogP contribution in [0.1, 0.15) is 40.7 Å². The number of carbonyl (C=O) groups excluding carboxylic acids is 2. The van der Waals surface area contributed by atoms with Gasteiger partial charge in [-0.15, -0.1) is 0 Å². The van der Waals surface area contributed by atoms with Crippen molar-refractivity contribution in [2.24, 2.45) is 5.73 Å². The number of hydrogen-bond acceptors (Lipinski definition) is 2. The first-order valence-electron chi connectivity index (χ1n) is 9.48. The van der Waals surface area contributed by atoms with Gasteiger partial charge in [-0.2, -0.15) is 0 Å². The SMILES string of the molecule is CCC(F)(F)CNC(=O)c1cc(C2(C(N)=O)C(c3cc(Cl)cc(Cl)c3)C2(Cl)Cl)cc(F)c1Cl. The third-order valence-electron chi connectivity index (χ3n) is 5.60. The highest BCUT2D eigenvalue weighted by molar-refractivity contribution is 6.55. The van der Waals surface area contributed by atoms with Crippen LogP contribution in [0.2, 0.25) is 15.1 Å². The molecule has 1 aliphatic rings. The number of benzene rings is 2. The maximum absolute atomic E-state index is 14.7. The smallest absolute Gasteiger partial charge is 0.264 e. The van der Waals surface area contributed by atoms with E-state index in [0.29, 0.717) is 5.56 Å². The van der Waals surface area contributed by atoms with Crippen molar-refractivity contribution < 1.29 is 22.8 Å². The summed E-state index contributed by atoms with van der Waals surface area (Å²) in [5.74, 6) is -7.38. The highest BCUT2D eigenvalue weighted by atomic mass is 35.5. The lowest BCUT2D eigenvalue weighted by atomic mass is 9.88. The van der Waals surface area contributed by atoms with Gasteiger partial charge in [0.15, 0.2) is 0 Å². The minimum absolute atomic E-state index is 0.157. The Balaban J connectivity index is 2.11. The first-order valence-corrected chi connectivity index (χ1v) is 11.4. The Morgan fingerprint density at radius 1 is 1.09 bits per heavy atom. The molecule has 0 saturated heterocycles. The highest BCUT2D eigenvalue weighted by Gasteiger charge is 2.81. The van der Waals surface area contributed by atoms with E-state index in [4.69, 9.17) is 63.7 Å². The summed E-state index contributed by atoms with van der Waals surface area (Å²) in [6.45, 7) is 0.246. The van der Waals surface area contributed by atoms with Crippen molar-refractivity contribution in [1.82, 2.24) is 5.32 Å². The number of carbonyl (C=O) groups is 2. The van der Waals surface area contributed by atoms with Crippen LogP contribution in [0.5, 0.6) is 0 Å². The molecule has 3 rings (SSSR count). The van der Waals surface area contributed by atoms with Crippen LogP contribution < -0.4 is 11.1 Å². The van der Waals surface area contributed by atoms with E-state index in [0.717, 1.165) is 12.1 Å². The predicted molar refractivity (Wildman–Crippen MR) is 123 cm³/mol. The zero-order chi connectivity index (χ0) is 24.9. The van der Waals surface area contributed by atoms with Gasteiger partial charge in [0.05, 0.1) is 17.1 Å². The molecule has 12 heteroatoms. The Morgan fingerprint density at radius 3 is 2.18 bits per heavy atom. The zero-order valence-electron chi connectivity index (χ0n) is 16.8. The fourth-order valence-electron chi connectivity index (χ4n) is 3.83. The van der Waals surface area contributed by atoms with E-state index in [1.807, 2.05) is 5.32 Å². The summed E-state index contributed by atoms with van der Waals surface area (Å²) in [7, 11) is 0. The van der Waals surface area contributed by atoms with E-state index in [9.17, 15) is 22.8 Å². The first-order chi connectivity index (χ1) is 15.2. The maximum Gasteiger partial charge on any atom is 0.264 e. The van der Waals surface area contributed by atoms with Gasteiger partial charge in [-0.25, -0.2) is 13.2 Å². The number of halogens is 8. The van der Waals surface area contributed by atoms with Crippen LogP contribution in [0.3, 0.4) is 0 Å². The molecule has 0 bridgehead atoms. The lowest BCUT2D eigenvalue weighted by Gasteiger charge is -2.19. The molecule has 1 fully saturated rings. The van der Waals surface area contributed by atoms with Gasteiger partial charge < -0.3 is 11.1 Å². The Hall–Kier alpha value is -1.38. The van der Waals surface area contributed by atoms with Crippen LogP contribution in [0.15, 0.2) is 30.3 Å². The number of amides is 2. The molecule has 0 radical (unpaired) electrons. The Bertz CT molecular complexity index is 1120. The molecular formula is C21H16Cl5F3N2O2. The van der Waals surface area contributed by atoms with Gasteiger partial charge in [0.1, 0.15) is 15.6 Å². The molecule has 2 aromatic rings. The van der Waals surface area contributed by atoms with Crippen molar-refractivity contribution in [3.05, 3.63) is 67.9 Å². The average molecular weight is 563 g/mol. The summed E-state index contributed by atoms with van der Waals surface area (Å²) in [4.78, 5) is 25.2. The van der Waals surface area contributed by atoms with Gasteiger partial charge in [-0.1, -0.05) is 64.9 Å². The van der Waals surface area contributed by atoms with Crippen LogP contribution >= 0.6 is 58.0 Å². The third kappa shape index (κ3) is 4.50. The summed E-state index contributed by atoms with van der Waals surface area (Å²) in [6.07, 6.45) is -0.523. The molecule has 0 heterocycles. The van der Waals surface area contributed by atoms with Gasteiger partial charge in [0.2, 0.25) is 5.91 Å². The lowest BCUT2D eigenvalue weighted by molar-refractivity contribution is -0.120. The molecule has 178 valence electrons. The molecule has 2 amide bonds. The lowest BCUT2D eigenvalue weighted by Crippen LogP contribution is -2.37. The maximum atomic E-state index is 14.7. The van der Waals surface area contributed by atoms with Crippen molar-refractivity contribution in [2.45, 2.75) is 34.9 Å². The molecule has 0 aliphatic heterocycles. The Kier molecular flexibility index (Phi) is 7.16. The molecule has 0 spiro atoms. The van der Waals surface area contributed by atoms with Gasteiger partial charge in [0, 0.05) is 22.4 Å². The second-order valence-corrected chi connectivity index (χ2v) is 10.3. The van der Waals surface area contributed by atoms with Crippen molar-refractivity contribution in [2.75, 3.05) is 6.54 Å². The molecule has 2 aromatic carbocycles. The predicted octanol–water partition coefficient (Wildman–Crippen LogP) is 6.26. The number of rotatable bonds is 7. The molecular weight excluding hydrogens is 547 g/mol. The average Bonchev–Trinajstić information content (AvgIpc) is 3.25. The summed E-state index contributed by atoms with van der Waals surface area (Å²) >= 11 is 31.0. The Labute approximate surface area is 212 Å². The molecule has 33 heavy (non-hydrogen) atoms. The summed E-state index contributed by atoms with van der Waals surface area (Å²) in [5, 5.41) is 1.83. The number of nitrogens with two attached hydrogens (primary N) is 1. The molecule has 1 saturated carbocycles. The second-order valence-electron chi connectivity index (χ2n) is 7.64. The van der Waals surface area contributed by atoms with E-state index in [2.05, 4.69) is 0 Å². The van der Waals surface area contributed by atoms with E-state index >= 15 is 0 Å². The largest absolute Gasteiger partial charge is 0.369 e. The topological polar surface area (TPSA) is 72.2 Å². The van der Waals surface area contributed by atoms with Crippen LogP contribution in [-0.4, -0.2) is 28.6 Å². The molecule has 3 N–H and O–H groups in total. The fourth-order valence-corrected chi connectivity index (χ4v) is 5.66. The van der Waals surface area contributed by atoms with Gasteiger partial charge in [0.25, 0.3) is 11.8 Å². The number of hydrogen-bond donors (Lipinski definition) is 2. The number of alkyl halides is 4. The van der Waals surface area contributed by atoms with E-state index in [1.54, 1.807) is 0 Å². The minimum atomic E-state index is -3.18.